The van der Waals surface area contributed by atoms with Crippen molar-refractivity contribution >= 4 is 0 Å². The molecule has 4 nitrogen and oxygen atoms in total. The Morgan fingerprint density at radius 2 is 2.00 bits per heavy atom. The third kappa shape index (κ3) is 1.26. The predicted octanol–water partition coefficient (Wildman–Crippen LogP) is 1.67. The summed E-state index contributed by atoms with van der Waals surface area (Å²) in [6.45, 7) is 1.33. The van der Waals surface area contributed by atoms with Gasteiger partial charge in [-0.25, -0.2) is 4.68 Å². The molecule has 16 heavy (non-hydrogen) atoms. The quantitative estimate of drug-likeness (QED) is 0.672. The van der Waals surface area contributed by atoms with E-state index in [-0.39, 0.29) is 0 Å². The fourth-order valence-corrected chi connectivity index (χ4v) is 2.01. The number of nitriles is 1. The highest BCUT2D eigenvalue weighted by atomic mass is 15.3. The van der Waals surface area contributed by atoms with Crippen LogP contribution in [0.5, 0.6) is 0 Å². The molecule has 0 bridgehead atoms. The molecule has 0 amide bonds. The van der Waals surface area contributed by atoms with Crippen LogP contribution >= 0.6 is 0 Å². The maximum absolute atomic E-state index is 8.86. The molecule has 0 saturated heterocycles. The van der Waals surface area contributed by atoms with Gasteiger partial charge in [0.1, 0.15) is 0 Å². The monoisotopic (exact) mass is 210 g/mol. The fraction of sp³-hybridized carbons (Fsp3) is 0.167. The zero-order valence-corrected chi connectivity index (χ0v) is 8.67. The molecule has 0 radical (unpaired) electrons. The van der Waals surface area contributed by atoms with Crippen molar-refractivity contribution in [2.75, 3.05) is 0 Å². The molecule has 2 heterocycles. The van der Waals surface area contributed by atoms with Crippen LogP contribution in [0.3, 0.4) is 0 Å². The first-order chi connectivity index (χ1) is 7.88. The summed E-state index contributed by atoms with van der Waals surface area (Å²) < 4.78 is 1.91. The topological polar surface area (TPSA) is 44.9 Å². The van der Waals surface area contributed by atoms with Crippen LogP contribution in [0.4, 0.5) is 0 Å². The van der Waals surface area contributed by atoms with Crippen molar-refractivity contribution in [3.63, 3.8) is 0 Å². The van der Waals surface area contributed by atoms with Crippen molar-refractivity contribution in [3.05, 3.63) is 47.8 Å². The first kappa shape index (κ1) is 8.98. The van der Waals surface area contributed by atoms with E-state index in [0.717, 1.165) is 16.9 Å². The zero-order valence-electron chi connectivity index (χ0n) is 8.67. The Morgan fingerprint density at radius 3 is 2.75 bits per heavy atom. The summed E-state index contributed by atoms with van der Waals surface area (Å²) in [4.78, 5) is 1.73. The third-order valence-electron chi connectivity index (χ3n) is 2.80. The van der Waals surface area contributed by atoms with E-state index in [9.17, 15) is 0 Å². The van der Waals surface area contributed by atoms with Crippen LogP contribution in [0.2, 0.25) is 0 Å². The van der Waals surface area contributed by atoms with E-state index < -0.39 is 0 Å². The van der Waals surface area contributed by atoms with E-state index in [1.54, 1.807) is 4.90 Å². The zero-order chi connectivity index (χ0) is 11.0. The average Bonchev–Trinajstić information content (AvgIpc) is 2.88. The third-order valence-corrected chi connectivity index (χ3v) is 2.80. The van der Waals surface area contributed by atoms with Crippen molar-refractivity contribution in [3.8, 4) is 11.9 Å². The van der Waals surface area contributed by atoms with Crippen LogP contribution in [0.15, 0.2) is 36.5 Å². The molecule has 0 atom stereocenters. The number of aromatic nitrogens is 2. The fourth-order valence-electron chi connectivity index (χ4n) is 2.01. The maximum atomic E-state index is 8.86. The van der Waals surface area contributed by atoms with E-state index in [4.69, 9.17) is 5.26 Å². The summed E-state index contributed by atoms with van der Waals surface area (Å²) in [7, 11) is 0. The van der Waals surface area contributed by atoms with Crippen molar-refractivity contribution in [1.29, 1.82) is 5.26 Å². The highest BCUT2D eigenvalue weighted by Crippen LogP contribution is 2.23. The summed E-state index contributed by atoms with van der Waals surface area (Å²) >= 11 is 0. The van der Waals surface area contributed by atoms with Gasteiger partial charge in [-0.2, -0.15) is 10.4 Å². The Morgan fingerprint density at radius 1 is 1.19 bits per heavy atom. The Labute approximate surface area is 93.3 Å². The van der Waals surface area contributed by atoms with Crippen LogP contribution in [-0.2, 0) is 13.1 Å². The molecule has 3 rings (SSSR count). The van der Waals surface area contributed by atoms with E-state index in [2.05, 4.69) is 11.3 Å². The number of para-hydroxylation sites is 1. The number of hydrogen-bond donors (Lipinski definition) is 0. The predicted molar refractivity (Wildman–Crippen MR) is 58.4 cm³/mol. The summed E-state index contributed by atoms with van der Waals surface area (Å²) in [6.07, 6.45) is 4.01. The summed E-state index contributed by atoms with van der Waals surface area (Å²) in [5.74, 6) is 0. The molecule has 1 aliphatic rings. The highest BCUT2D eigenvalue weighted by molar-refractivity contribution is 5.36. The van der Waals surface area contributed by atoms with Gasteiger partial charge in [-0.3, -0.25) is 0 Å². The summed E-state index contributed by atoms with van der Waals surface area (Å²) in [5.41, 5.74) is 3.31. The maximum Gasteiger partial charge on any atom is 0.180 e. The first-order valence-corrected chi connectivity index (χ1v) is 5.14. The number of nitrogens with zero attached hydrogens (tertiary/aromatic N) is 4. The lowest BCUT2D eigenvalue weighted by molar-refractivity contribution is 0.408. The van der Waals surface area contributed by atoms with Crippen molar-refractivity contribution in [2.24, 2.45) is 0 Å². The van der Waals surface area contributed by atoms with Gasteiger partial charge in [0.25, 0.3) is 0 Å². The van der Waals surface area contributed by atoms with Gasteiger partial charge in [-0.1, -0.05) is 18.2 Å². The Kier molecular flexibility index (Phi) is 1.90. The molecule has 0 fully saturated rings. The largest absolute Gasteiger partial charge is 0.300 e. The SMILES string of the molecule is N#CN1Cc2cnn(-c3ccccc3)c2C1. The van der Waals surface area contributed by atoms with E-state index in [1.165, 1.54) is 0 Å². The molecule has 0 aliphatic carbocycles. The van der Waals surface area contributed by atoms with Gasteiger partial charge in [0, 0.05) is 5.56 Å². The first-order valence-electron chi connectivity index (χ1n) is 5.14. The number of benzene rings is 1. The molecule has 4 heteroatoms. The minimum absolute atomic E-state index is 0.653. The molecular weight excluding hydrogens is 200 g/mol. The second-order valence-electron chi connectivity index (χ2n) is 3.82. The number of hydrogen-bond acceptors (Lipinski definition) is 3. The minimum Gasteiger partial charge on any atom is -0.300 e. The summed E-state index contributed by atoms with van der Waals surface area (Å²) in [5, 5.41) is 13.2. The van der Waals surface area contributed by atoms with Gasteiger partial charge in [0.2, 0.25) is 0 Å². The lowest BCUT2D eigenvalue weighted by atomic mass is 10.3. The van der Waals surface area contributed by atoms with Crippen LogP contribution in [0.1, 0.15) is 11.3 Å². The van der Waals surface area contributed by atoms with E-state index >= 15 is 0 Å². The Bertz CT molecular complexity index is 550. The second-order valence-corrected chi connectivity index (χ2v) is 3.82. The average molecular weight is 210 g/mol. The number of fused-ring (bicyclic) bond motifs is 1. The highest BCUT2D eigenvalue weighted by Gasteiger charge is 2.22. The van der Waals surface area contributed by atoms with Gasteiger partial charge in [-0.15, -0.1) is 0 Å². The molecule has 1 aromatic carbocycles. The lowest BCUT2D eigenvalue weighted by Crippen LogP contribution is -2.10. The van der Waals surface area contributed by atoms with Gasteiger partial charge >= 0.3 is 0 Å². The van der Waals surface area contributed by atoms with E-state index in [1.807, 2.05) is 41.2 Å². The van der Waals surface area contributed by atoms with Gasteiger partial charge in [-0.05, 0) is 12.1 Å². The molecule has 0 unspecified atom stereocenters. The molecule has 0 N–H and O–H groups in total. The Balaban J connectivity index is 2.04. The number of rotatable bonds is 1. The molecule has 1 aromatic heterocycles. The van der Waals surface area contributed by atoms with Crippen LogP contribution in [-0.4, -0.2) is 14.7 Å². The van der Waals surface area contributed by atoms with Gasteiger partial charge in [0.05, 0.1) is 30.7 Å². The molecule has 1 aliphatic heterocycles. The van der Waals surface area contributed by atoms with Crippen LogP contribution in [0.25, 0.3) is 5.69 Å². The van der Waals surface area contributed by atoms with Gasteiger partial charge in [0.15, 0.2) is 6.19 Å². The molecule has 2 aromatic rings. The van der Waals surface area contributed by atoms with Gasteiger partial charge < -0.3 is 4.90 Å². The molecular formula is C12H10N4. The van der Waals surface area contributed by atoms with Crippen molar-refractivity contribution in [1.82, 2.24) is 14.7 Å². The van der Waals surface area contributed by atoms with Crippen molar-refractivity contribution < 1.29 is 0 Å². The van der Waals surface area contributed by atoms with Crippen LogP contribution < -0.4 is 0 Å². The lowest BCUT2D eigenvalue weighted by Gasteiger charge is -2.07. The van der Waals surface area contributed by atoms with Crippen LogP contribution in [0, 0.1) is 11.5 Å². The van der Waals surface area contributed by atoms with Crippen molar-refractivity contribution in [2.45, 2.75) is 13.1 Å². The smallest absolute Gasteiger partial charge is 0.180 e. The van der Waals surface area contributed by atoms with E-state index in [0.29, 0.717) is 13.1 Å². The minimum atomic E-state index is 0.653. The molecule has 78 valence electrons. The second kappa shape index (κ2) is 3.38. The standard InChI is InChI=1S/C12H10N4/c13-9-15-7-10-6-14-16(12(10)8-15)11-4-2-1-3-5-11/h1-6H,7-8H2. The molecule has 0 spiro atoms. The normalized spacial score (nSPS) is 13.6. The molecule has 0 saturated carbocycles. The summed E-state index contributed by atoms with van der Waals surface area (Å²) in [6, 6.07) is 9.99. The Hall–Kier alpha value is -2.28.